The van der Waals surface area contributed by atoms with Crippen molar-refractivity contribution in [3.63, 3.8) is 0 Å². The summed E-state index contributed by atoms with van der Waals surface area (Å²) < 4.78 is 5.77. The van der Waals surface area contributed by atoms with Crippen LogP contribution >= 0.6 is 11.3 Å². The van der Waals surface area contributed by atoms with Crippen LogP contribution in [-0.2, 0) is 13.1 Å². The summed E-state index contributed by atoms with van der Waals surface area (Å²) >= 11 is 1.62. The quantitative estimate of drug-likeness (QED) is 0.833. The summed E-state index contributed by atoms with van der Waals surface area (Å²) in [5, 5.41) is 0.700. The molecule has 0 fully saturated rings. The Morgan fingerprint density at radius 1 is 1.33 bits per heavy atom. The minimum Gasteiger partial charge on any atom is -0.494 e. The molecule has 0 bridgehead atoms. The number of hydrogen-bond donors (Lipinski definition) is 1. The van der Waals surface area contributed by atoms with Crippen LogP contribution in [0.15, 0.2) is 24.3 Å². The lowest BCUT2D eigenvalue weighted by Gasteiger charge is -2.14. The summed E-state index contributed by atoms with van der Waals surface area (Å²) in [6, 6.07) is 8.21. The number of nitrogens with zero attached hydrogens (tertiary/aromatic N) is 2. The Bertz CT molecular complexity index is 588. The van der Waals surface area contributed by atoms with Gasteiger partial charge in [-0.1, -0.05) is 12.1 Å². The lowest BCUT2D eigenvalue weighted by atomic mass is 10.2. The molecular formula is C16H21N3OS. The predicted octanol–water partition coefficient (Wildman–Crippen LogP) is 3.21. The highest BCUT2D eigenvalue weighted by molar-refractivity contribution is 7.15. The molecule has 0 unspecified atom stereocenters. The van der Waals surface area contributed by atoms with Crippen LogP contribution in [0.1, 0.15) is 29.0 Å². The van der Waals surface area contributed by atoms with Gasteiger partial charge in [-0.2, -0.15) is 0 Å². The fourth-order valence-corrected chi connectivity index (χ4v) is 3.50. The minimum absolute atomic E-state index is 0.700. The maximum absolute atomic E-state index is 5.77. The fourth-order valence-electron chi connectivity index (χ4n) is 2.61. The molecular weight excluding hydrogens is 282 g/mol. The third-order valence-electron chi connectivity index (χ3n) is 3.66. The fraction of sp³-hybridized carbons (Fsp3) is 0.438. The van der Waals surface area contributed by atoms with Gasteiger partial charge in [0.05, 0.1) is 12.3 Å². The first kappa shape index (κ1) is 14.4. The van der Waals surface area contributed by atoms with Gasteiger partial charge in [-0.3, -0.25) is 4.90 Å². The Labute approximate surface area is 129 Å². The van der Waals surface area contributed by atoms with Gasteiger partial charge < -0.3 is 10.5 Å². The van der Waals surface area contributed by atoms with E-state index in [-0.39, 0.29) is 0 Å². The molecule has 21 heavy (non-hydrogen) atoms. The molecule has 0 saturated carbocycles. The Morgan fingerprint density at radius 2 is 2.24 bits per heavy atom. The van der Waals surface area contributed by atoms with Crippen LogP contribution in [0.3, 0.4) is 0 Å². The van der Waals surface area contributed by atoms with Gasteiger partial charge in [-0.15, -0.1) is 11.3 Å². The van der Waals surface area contributed by atoms with Gasteiger partial charge in [0.1, 0.15) is 5.75 Å². The second-order valence-electron chi connectivity index (χ2n) is 5.50. The van der Waals surface area contributed by atoms with Gasteiger partial charge in [-0.05, 0) is 44.0 Å². The van der Waals surface area contributed by atoms with Crippen molar-refractivity contribution in [3.8, 4) is 5.75 Å². The molecule has 1 aromatic heterocycles. The molecule has 0 amide bonds. The third kappa shape index (κ3) is 3.74. The smallest absolute Gasteiger partial charge is 0.180 e. The van der Waals surface area contributed by atoms with Crippen molar-refractivity contribution in [1.82, 2.24) is 9.88 Å². The molecule has 1 aromatic carbocycles. The summed E-state index contributed by atoms with van der Waals surface area (Å²) in [6.07, 6.45) is 2.23. The predicted molar refractivity (Wildman–Crippen MR) is 86.5 cm³/mol. The average molecular weight is 303 g/mol. The van der Waals surface area contributed by atoms with Gasteiger partial charge in [-0.25, -0.2) is 4.98 Å². The number of aromatic nitrogens is 1. The van der Waals surface area contributed by atoms with Crippen molar-refractivity contribution in [2.24, 2.45) is 0 Å². The van der Waals surface area contributed by atoms with E-state index < -0.39 is 0 Å². The largest absolute Gasteiger partial charge is 0.494 e. The Morgan fingerprint density at radius 3 is 3.05 bits per heavy atom. The van der Waals surface area contributed by atoms with E-state index in [1.807, 2.05) is 12.1 Å². The first-order valence-corrected chi connectivity index (χ1v) is 8.18. The van der Waals surface area contributed by atoms with E-state index in [1.54, 1.807) is 11.3 Å². The number of aryl methyl sites for hydroxylation is 1. The standard InChI is InChI=1S/C16H21N3OS/c1-12-5-4-6-13(9-12)20-8-3-2-7-19-10-14-15(11-19)21-16(17)18-14/h4-6,9H,2-3,7-8,10-11H2,1H3,(H2,17,18). The lowest BCUT2D eigenvalue weighted by molar-refractivity contribution is 0.254. The molecule has 5 heteroatoms. The molecule has 0 atom stereocenters. The van der Waals surface area contributed by atoms with Crippen LogP contribution in [0.2, 0.25) is 0 Å². The number of unbranched alkanes of at least 4 members (excludes halogenated alkanes) is 1. The Balaban J connectivity index is 1.33. The van der Waals surface area contributed by atoms with Crippen LogP contribution in [-0.4, -0.2) is 23.0 Å². The number of nitrogen functional groups attached to an aromatic ring is 1. The second-order valence-corrected chi connectivity index (χ2v) is 6.62. The average Bonchev–Trinajstić information content (AvgIpc) is 2.95. The maximum atomic E-state index is 5.77. The molecule has 2 aromatic rings. The van der Waals surface area contributed by atoms with Gasteiger partial charge in [0.15, 0.2) is 5.13 Å². The van der Waals surface area contributed by atoms with E-state index in [1.165, 1.54) is 16.1 Å². The lowest BCUT2D eigenvalue weighted by Crippen LogP contribution is -2.18. The topological polar surface area (TPSA) is 51.4 Å². The SMILES string of the molecule is Cc1cccc(OCCCCN2Cc3nc(N)sc3C2)c1. The van der Waals surface area contributed by atoms with E-state index in [0.29, 0.717) is 5.13 Å². The first-order chi connectivity index (χ1) is 10.2. The van der Waals surface area contributed by atoms with Gasteiger partial charge >= 0.3 is 0 Å². The zero-order valence-electron chi connectivity index (χ0n) is 12.3. The second kappa shape index (κ2) is 6.45. The van der Waals surface area contributed by atoms with E-state index in [9.17, 15) is 0 Å². The maximum Gasteiger partial charge on any atom is 0.180 e. The van der Waals surface area contributed by atoms with Crippen molar-refractivity contribution >= 4 is 16.5 Å². The number of anilines is 1. The highest BCUT2D eigenvalue weighted by atomic mass is 32.1. The summed E-state index contributed by atoms with van der Waals surface area (Å²) in [7, 11) is 0. The molecule has 0 saturated heterocycles. The van der Waals surface area contributed by atoms with Gasteiger partial charge in [0, 0.05) is 18.0 Å². The Kier molecular flexibility index (Phi) is 4.41. The third-order valence-corrected chi connectivity index (χ3v) is 4.57. The summed E-state index contributed by atoms with van der Waals surface area (Å²) in [5.74, 6) is 0.970. The zero-order valence-corrected chi connectivity index (χ0v) is 13.2. The normalized spacial score (nSPS) is 14.3. The highest BCUT2D eigenvalue weighted by Gasteiger charge is 2.22. The van der Waals surface area contributed by atoms with Crippen LogP contribution in [0.5, 0.6) is 5.75 Å². The number of fused-ring (bicyclic) bond motifs is 1. The van der Waals surface area contributed by atoms with E-state index >= 15 is 0 Å². The summed E-state index contributed by atoms with van der Waals surface area (Å²) in [5.41, 5.74) is 8.13. The van der Waals surface area contributed by atoms with Crippen molar-refractivity contribution in [1.29, 1.82) is 0 Å². The number of hydrogen-bond acceptors (Lipinski definition) is 5. The molecule has 0 radical (unpaired) electrons. The van der Waals surface area contributed by atoms with Crippen molar-refractivity contribution in [3.05, 3.63) is 40.4 Å². The number of thiazole rings is 1. The van der Waals surface area contributed by atoms with Crippen LogP contribution < -0.4 is 10.5 Å². The number of ether oxygens (including phenoxy) is 1. The van der Waals surface area contributed by atoms with Gasteiger partial charge in [0.2, 0.25) is 0 Å². The molecule has 2 N–H and O–H groups in total. The highest BCUT2D eigenvalue weighted by Crippen LogP contribution is 2.29. The monoisotopic (exact) mass is 303 g/mol. The molecule has 0 spiro atoms. The van der Waals surface area contributed by atoms with Crippen LogP contribution in [0.25, 0.3) is 0 Å². The van der Waals surface area contributed by atoms with Gasteiger partial charge in [0.25, 0.3) is 0 Å². The number of benzene rings is 1. The first-order valence-electron chi connectivity index (χ1n) is 7.36. The van der Waals surface area contributed by atoms with Crippen molar-refractivity contribution < 1.29 is 4.74 Å². The zero-order chi connectivity index (χ0) is 14.7. The molecule has 2 heterocycles. The summed E-state index contributed by atoms with van der Waals surface area (Å²) in [6.45, 7) is 5.91. The van der Waals surface area contributed by atoms with Crippen molar-refractivity contribution in [2.45, 2.75) is 32.9 Å². The molecule has 112 valence electrons. The van der Waals surface area contributed by atoms with Crippen molar-refractivity contribution in [2.75, 3.05) is 18.9 Å². The van der Waals surface area contributed by atoms with E-state index in [0.717, 1.165) is 44.8 Å². The molecule has 1 aliphatic rings. The molecule has 3 rings (SSSR count). The molecule has 0 aliphatic carbocycles. The van der Waals surface area contributed by atoms with Crippen LogP contribution in [0.4, 0.5) is 5.13 Å². The number of rotatable bonds is 6. The Hall–Kier alpha value is -1.59. The van der Waals surface area contributed by atoms with E-state index in [2.05, 4.69) is 28.9 Å². The number of nitrogens with two attached hydrogens (primary N) is 1. The minimum atomic E-state index is 0.700. The summed E-state index contributed by atoms with van der Waals surface area (Å²) in [4.78, 5) is 8.13. The molecule has 1 aliphatic heterocycles. The molecule has 4 nitrogen and oxygen atoms in total. The van der Waals surface area contributed by atoms with E-state index in [4.69, 9.17) is 10.5 Å². The van der Waals surface area contributed by atoms with Crippen LogP contribution in [0, 0.1) is 6.92 Å².